The van der Waals surface area contributed by atoms with E-state index in [1.165, 1.54) is 6.07 Å². The molecule has 3 saturated carbocycles. The molecule has 162 valence electrons. The van der Waals surface area contributed by atoms with Crippen molar-refractivity contribution in [3.05, 3.63) is 30.1 Å². The van der Waals surface area contributed by atoms with Crippen LogP contribution < -0.4 is 5.32 Å². The zero-order valence-electron chi connectivity index (χ0n) is 16.8. The minimum atomic E-state index is -2.60. The van der Waals surface area contributed by atoms with Gasteiger partial charge in [-0.2, -0.15) is 0 Å². The van der Waals surface area contributed by atoms with Crippen LogP contribution in [0.15, 0.2) is 18.5 Å². The summed E-state index contributed by atoms with van der Waals surface area (Å²) in [7, 11) is 0. The monoisotopic (exact) mass is 423 g/mol. The van der Waals surface area contributed by atoms with Gasteiger partial charge in [0.2, 0.25) is 11.8 Å². The number of alkyl halides is 2. The van der Waals surface area contributed by atoms with Crippen molar-refractivity contribution in [2.75, 3.05) is 0 Å². The number of fused-ring (bicyclic) bond motifs is 2. The zero-order chi connectivity index (χ0) is 21.2. The van der Waals surface area contributed by atoms with Gasteiger partial charge in [0.25, 0.3) is 0 Å². The molecule has 4 nitrogen and oxygen atoms in total. The van der Waals surface area contributed by atoms with Crippen LogP contribution in [0.2, 0.25) is 0 Å². The molecule has 5 rings (SSSR count). The lowest BCUT2D eigenvalue weighted by Crippen LogP contribution is -2.43. The van der Waals surface area contributed by atoms with Gasteiger partial charge >= 0.3 is 0 Å². The highest BCUT2D eigenvalue weighted by molar-refractivity contribution is 5.79. The van der Waals surface area contributed by atoms with Crippen LogP contribution in [-0.2, 0) is 4.79 Å². The first-order valence-corrected chi connectivity index (χ1v) is 10.7. The van der Waals surface area contributed by atoms with E-state index in [-0.39, 0.29) is 36.8 Å². The Morgan fingerprint density at radius 1 is 1.17 bits per heavy atom. The molecule has 0 radical (unpaired) electrons. The van der Waals surface area contributed by atoms with Crippen LogP contribution in [0.1, 0.15) is 51.5 Å². The van der Waals surface area contributed by atoms with E-state index >= 15 is 0 Å². The molecule has 1 amide bonds. The highest BCUT2D eigenvalue weighted by Gasteiger charge is 2.59. The van der Waals surface area contributed by atoms with E-state index in [4.69, 9.17) is 0 Å². The Bertz CT molecular complexity index is 968. The smallest absolute Gasteiger partial charge is 0.248 e. The van der Waals surface area contributed by atoms with Crippen LogP contribution in [0, 0.1) is 35.3 Å². The van der Waals surface area contributed by atoms with Crippen molar-refractivity contribution in [3.8, 4) is 0 Å². The number of carbonyl (C=O) groups excluding carboxylic acids is 1. The van der Waals surface area contributed by atoms with E-state index in [0.717, 1.165) is 18.9 Å². The largest absolute Gasteiger partial charge is 0.353 e. The summed E-state index contributed by atoms with van der Waals surface area (Å²) in [4.78, 5) is 16.9. The molecule has 1 aromatic heterocycles. The molecule has 1 N–H and O–H groups in total. The number of aromatic nitrogens is 2. The van der Waals surface area contributed by atoms with Gasteiger partial charge in [-0.15, -0.1) is 0 Å². The Hall–Kier alpha value is -2.12. The fourth-order valence-electron chi connectivity index (χ4n) is 5.84. The molecule has 3 aliphatic rings. The van der Waals surface area contributed by atoms with Crippen molar-refractivity contribution in [1.29, 1.82) is 0 Å². The Morgan fingerprint density at radius 2 is 1.80 bits per heavy atom. The topological polar surface area (TPSA) is 46.9 Å². The molecule has 8 heteroatoms. The van der Waals surface area contributed by atoms with Crippen LogP contribution in [-0.4, -0.2) is 27.4 Å². The highest BCUT2D eigenvalue weighted by atomic mass is 19.3. The Morgan fingerprint density at radius 3 is 2.47 bits per heavy atom. The van der Waals surface area contributed by atoms with Gasteiger partial charge < -0.3 is 9.88 Å². The third-order valence-corrected chi connectivity index (χ3v) is 7.55. The van der Waals surface area contributed by atoms with Crippen molar-refractivity contribution >= 4 is 16.9 Å². The SMILES string of the molecule is CC(C(=O)NC1CCC(F)(F)CC1)[C@H]1[C@@H]2C[C@@H](n3cnc4cc(F)c(F)cc43)C[C@@H]21. The number of halogens is 4. The summed E-state index contributed by atoms with van der Waals surface area (Å²) in [6.07, 6.45) is 3.74. The van der Waals surface area contributed by atoms with Gasteiger partial charge in [-0.05, 0) is 43.4 Å². The summed E-state index contributed by atoms with van der Waals surface area (Å²) < 4.78 is 55.6. The van der Waals surface area contributed by atoms with Crippen LogP contribution in [0.5, 0.6) is 0 Å². The molecule has 5 atom stereocenters. The van der Waals surface area contributed by atoms with E-state index in [1.54, 1.807) is 6.33 Å². The maximum absolute atomic E-state index is 13.7. The summed E-state index contributed by atoms with van der Waals surface area (Å²) >= 11 is 0. The number of nitrogens with zero attached hydrogens (tertiary/aromatic N) is 2. The zero-order valence-corrected chi connectivity index (χ0v) is 16.8. The second-order valence-electron chi connectivity index (χ2n) is 9.36. The minimum absolute atomic E-state index is 0.0354. The molecular weight excluding hydrogens is 398 g/mol. The molecule has 1 heterocycles. The normalized spacial score (nSPS) is 31.5. The first-order valence-electron chi connectivity index (χ1n) is 10.7. The summed E-state index contributed by atoms with van der Waals surface area (Å²) in [6, 6.07) is 2.33. The number of imidazole rings is 1. The second-order valence-corrected chi connectivity index (χ2v) is 9.36. The van der Waals surface area contributed by atoms with Gasteiger partial charge in [0.15, 0.2) is 11.6 Å². The van der Waals surface area contributed by atoms with E-state index in [1.807, 2.05) is 11.5 Å². The highest BCUT2D eigenvalue weighted by Crippen LogP contribution is 2.64. The molecule has 0 aliphatic heterocycles. The number of carbonyl (C=O) groups is 1. The molecule has 2 aromatic rings. The van der Waals surface area contributed by atoms with Gasteiger partial charge in [-0.3, -0.25) is 4.79 Å². The predicted octanol–water partition coefficient (Wildman–Crippen LogP) is 4.84. The second kappa shape index (κ2) is 6.95. The van der Waals surface area contributed by atoms with Gasteiger partial charge in [0.05, 0.1) is 17.4 Å². The maximum atomic E-state index is 13.7. The summed E-state index contributed by atoms with van der Waals surface area (Å²) in [5.41, 5.74) is 1.04. The Kier molecular flexibility index (Phi) is 4.59. The van der Waals surface area contributed by atoms with E-state index < -0.39 is 17.6 Å². The maximum Gasteiger partial charge on any atom is 0.248 e. The average molecular weight is 423 g/mol. The number of benzene rings is 1. The van der Waals surface area contributed by atoms with Crippen LogP contribution >= 0.6 is 0 Å². The molecule has 0 spiro atoms. The third-order valence-electron chi connectivity index (χ3n) is 7.55. The van der Waals surface area contributed by atoms with Crippen LogP contribution in [0.3, 0.4) is 0 Å². The van der Waals surface area contributed by atoms with Gasteiger partial charge in [-0.25, -0.2) is 22.5 Å². The van der Waals surface area contributed by atoms with Gasteiger partial charge in [0, 0.05) is 43.0 Å². The Balaban J connectivity index is 1.19. The molecule has 30 heavy (non-hydrogen) atoms. The fourth-order valence-corrected chi connectivity index (χ4v) is 5.84. The first-order chi connectivity index (χ1) is 14.2. The van der Waals surface area contributed by atoms with Crippen molar-refractivity contribution in [3.63, 3.8) is 0 Å². The lowest BCUT2D eigenvalue weighted by Gasteiger charge is -2.30. The lowest BCUT2D eigenvalue weighted by atomic mass is 9.91. The number of rotatable bonds is 4. The molecule has 0 bridgehead atoms. The summed E-state index contributed by atoms with van der Waals surface area (Å²) in [6.45, 7) is 1.93. The number of hydrogen-bond donors (Lipinski definition) is 1. The molecule has 3 fully saturated rings. The summed E-state index contributed by atoms with van der Waals surface area (Å²) in [5.74, 6) is -3.40. The minimum Gasteiger partial charge on any atom is -0.353 e. The quantitative estimate of drug-likeness (QED) is 0.716. The van der Waals surface area contributed by atoms with E-state index in [0.29, 0.717) is 41.6 Å². The van der Waals surface area contributed by atoms with Crippen LogP contribution in [0.4, 0.5) is 17.6 Å². The lowest BCUT2D eigenvalue weighted by molar-refractivity contribution is -0.127. The molecule has 0 saturated heterocycles. The third kappa shape index (κ3) is 3.38. The first kappa shape index (κ1) is 19.8. The van der Waals surface area contributed by atoms with E-state index in [9.17, 15) is 22.4 Å². The number of hydrogen-bond acceptors (Lipinski definition) is 2. The number of nitrogens with one attached hydrogen (secondary N) is 1. The van der Waals surface area contributed by atoms with Gasteiger partial charge in [-0.1, -0.05) is 6.92 Å². The molecular formula is C22H25F4N3O. The van der Waals surface area contributed by atoms with Gasteiger partial charge in [0.1, 0.15) is 0 Å². The molecule has 3 aliphatic carbocycles. The number of amides is 1. The van der Waals surface area contributed by atoms with E-state index in [2.05, 4.69) is 10.3 Å². The van der Waals surface area contributed by atoms with Crippen molar-refractivity contribution in [1.82, 2.24) is 14.9 Å². The Labute approximate surface area is 172 Å². The predicted molar refractivity (Wildman–Crippen MR) is 103 cm³/mol. The summed E-state index contributed by atoms with van der Waals surface area (Å²) in [5, 5.41) is 2.98. The van der Waals surface area contributed by atoms with Crippen LogP contribution in [0.25, 0.3) is 11.0 Å². The molecule has 1 unspecified atom stereocenters. The fraction of sp³-hybridized carbons (Fsp3) is 0.636. The van der Waals surface area contributed by atoms with Crippen molar-refractivity contribution < 1.29 is 22.4 Å². The standard InChI is InChI=1S/C22H25F4N3O/c1-11(21(30)28-12-2-4-22(25,26)5-3-12)20-14-6-13(7-15(14)20)29-10-27-18-8-16(23)17(24)9-19(18)29/h8-15,20H,2-7H2,1H3,(H,28,30)/t11?,13-,14-,15+,20+. The molecule has 1 aromatic carbocycles. The average Bonchev–Trinajstić information content (AvgIpc) is 3.01. The van der Waals surface area contributed by atoms with Crippen molar-refractivity contribution in [2.24, 2.45) is 23.7 Å². The van der Waals surface area contributed by atoms with Crippen molar-refractivity contribution in [2.45, 2.75) is 63.5 Å².